The second-order valence-electron chi connectivity index (χ2n) is 2.97. The van der Waals surface area contributed by atoms with Gasteiger partial charge in [-0.05, 0) is 12.8 Å². The summed E-state index contributed by atoms with van der Waals surface area (Å²) in [5.41, 5.74) is 0. The van der Waals surface area contributed by atoms with Gasteiger partial charge < -0.3 is 10.2 Å². The van der Waals surface area contributed by atoms with Crippen LogP contribution in [-0.4, -0.2) is 37.4 Å². The summed E-state index contributed by atoms with van der Waals surface area (Å²) in [5, 5.41) is 2.61. The molecule has 67 valence electrons. The molecule has 0 aromatic rings. The van der Waals surface area contributed by atoms with Gasteiger partial charge in [-0.3, -0.25) is 9.59 Å². The van der Waals surface area contributed by atoms with Gasteiger partial charge in [0, 0.05) is 26.1 Å². The first-order chi connectivity index (χ1) is 5.77. The second-order valence-corrected chi connectivity index (χ2v) is 2.97. The van der Waals surface area contributed by atoms with Crippen LogP contribution in [0.25, 0.3) is 0 Å². The van der Waals surface area contributed by atoms with Crippen molar-refractivity contribution in [3.05, 3.63) is 0 Å². The molecule has 0 unspecified atom stereocenters. The number of hydrogen-bond donors (Lipinski definition) is 1. The van der Waals surface area contributed by atoms with E-state index < -0.39 is 0 Å². The number of carbonyl (C=O) groups is 1. The van der Waals surface area contributed by atoms with Gasteiger partial charge in [-0.15, -0.1) is 0 Å². The Labute approximate surface area is 71.9 Å². The van der Waals surface area contributed by atoms with E-state index in [0.717, 1.165) is 12.8 Å². The van der Waals surface area contributed by atoms with Crippen molar-refractivity contribution in [3.8, 4) is 0 Å². The zero-order valence-corrected chi connectivity index (χ0v) is 7.17. The van der Waals surface area contributed by atoms with Crippen molar-refractivity contribution in [1.82, 2.24) is 10.2 Å². The number of likely N-dealkylation sites (tertiary alicyclic amines) is 1. The van der Waals surface area contributed by atoms with E-state index in [-0.39, 0.29) is 11.8 Å². The normalized spacial score (nSPS) is 18.9. The van der Waals surface area contributed by atoms with Crippen LogP contribution in [0.3, 0.4) is 0 Å². The number of piperidine rings is 1. The molecular formula is C8H13N2O2. The molecule has 1 aliphatic heterocycles. The van der Waals surface area contributed by atoms with E-state index in [1.807, 2.05) is 6.41 Å². The summed E-state index contributed by atoms with van der Waals surface area (Å²) in [6.07, 6.45) is 3.35. The average Bonchev–Trinajstić information content (AvgIpc) is 2.17. The fraction of sp³-hybridized carbons (Fsp3) is 0.750. The van der Waals surface area contributed by atoms with Crippen LogP contribution in [0.4, 0.5) is 0 Å². The summed E-state index contributed by atoms with van der Waals surface area (Å²) >= 11 is 0. The van der Waals surface area contributed by atoms with Crippen molar-refractivity contribution in [2.24, 2.45) is 5.92 Å². The van der Waals surface area contributed by atoms with E-state index in [0.29, 0.717) is 13.1 Å². The molecule has 0 aromatic carbocycles. The van der Waals surface area contributed by atoms with Crippen LogP contribution in [0.5, 0.6) is 0 Å². The third kappa shape index (κ3) is 1.96. The van der Waals surface area contributed by atoms with Crippen LogP contribution in [0, 0.1) is 5.92 Å². The van der Waals surface area contributed by atoms with Crippen LogP contribution in [0.15, 0.2) is 0 Å². The van der Waals surface area contributed by atoms with Gasteiger partial charge in [0.2, 0.25) is 5.91 Å². The zero-order chi connectivity index (χ0) is 8.97. The highest BCUT2D eigenvalue weighted by molar-refractivity contribution is 5.78. The van der Waals surface area contributed by atoms with Crippen LogP contribution in [0.2, 0.25) is 0 Å². The van der Waals surface area contributed by atoms with Crippen molar-refractivity contribution in [1.29, 1.82) is 0 Å². The third-order valence-corrected chi connectivity index (χ3v) is 2.24. The molecule has 1 fully saturated rings. The summed E-state index contributed by atoms with van der Waals surface area (Å²) < 4.78 is 0. The maximum atomic E-state index is 11.1. The molecule has 0 aliphatic carbocycles. The number of amides is 2. The molecule has 1 radical (unpaired) electrons. The number of nitrogens with one attached hydrogen (secondary N) is 1. The Hall–Kier alpha value is -1.06. The van der Waals surface area contributed by atoms with Gasteiger partial charge in [-0.2, -0.15) is 0 Å². The Morgan fingerprint density at radius 2 is 2.08 bits per heavy atom. The molecule has 0 saturated carbocycles. The van der Waals surface area contributed by atoms with Crippen molar-refractivity contribution < 1.29 is 9.59 Å². The SMILES string of the molecule is CNC(=O)C1CCN([C]=O)CC1. The molecular weight excluding hydrogens is 156 g/mol. The molecule has 0 atom stereocenters. The first-order valence-corrected chi connectivity index (χ1v) is 4.12. The molecule has 0 spiro atoms. The molecule has 4 heteroatoms. The maximum Gasteiger partial charge on any atom is 0.312 e. The van der Waals surface area contributed by atoms with E-state index >= 15 is 0 Å². The second kappa shape index (κ2) is 4.09. The molecule has 1 heterocycles. The lowest BCUT2D eigenvalue weighted by atomic mass is 9.96. The van der Waals surface area contributed by atoms with Crippen molar-refractivity contribution in [2.75, 3.05) is 20.1 Å². The monoisotopic (exact) mass is 169 g/mol. The lowest BCUT2D eigenvalue weighted by molar-refractivity contribution is -0.125. The summed E-state index contributed by atoms with van der Waals surface area (Å²) in [5.74, 6) is 0.167. The number of carbonyl (C=O) groups excluding carboxylic acids is 2. The molecule has 0 aromatic heterocycles. The Morgan fingerprint density at radius 1 is 1.50 bits per heavy atom. The summed E-state index contributed by atoms with van der Waals surface area (Å²) in [4.78, 5) is 22.9. The van der Waals surface area contributed by atoms with Gasteiger partial charge >= 0.3 is 6.41 Å². The van der Waals surface area contributed by atoms with E-state index in [2.05, 4.69) is 5.32 Å². The molecule has 1 saturated heterocycles. The molecule has 1 aliphatic rings. The van der Waals surface area contributed by atoms with Crippen LogP contribution in [0.1, 0.15) is 12.8 Å². The van der Waals surface area contributed by atoms with Gasteiger partial charge in [0.05, 0.1) is 0 Å². The molecule has 1 rings (SSSR count). The highest BCUT2D eigenvalue weighted by Crippen LogP contribution is 2.15. The minimum absolute atomic E-state index is 0.0830. The Kier molecular flexibility index (Phi) is 3.08. The number of nitrogens with zero attached hydrogens (tertiary/aromatic N) is 1. The van der Waals surface area contributed by atoms with Gasteiger partial charge in [0.15, 0.2) is 0 Å². The summed E-state index contributed by atoms with van der Waals surface area (Å²) in [6.45, 7) is 1.31. The van der Waals surface area contributed by atoms with Crippen molar-refractivity contribution in [3.63, 3.8) is 0 Å². The van der Waals surface area contributed by atoms with E-state index in [1.165, 1.54) is 0 Å². The predicted molar refractivity (Wildman–Crippen MR) is 44.1 cm³/mol. The van der Waals surface area contributed by atoms with E-state index in [4.69, 9.17) is 0 Å². The van der Waals surface area contributed by atoms with Crippen molar-refractivity contribution >= 4 is 12.3 Å². The Balaban J connectivity index is 2.35. The van der Waals surface area contributed by atoms with E-state index in [9.17, 15) is 9.59 Å². The number of rotatable bonds is 2. The lowest BCUT2D eigenvalue weighted by Crippen LogP contribution is -2.38. The molecule has 1 N–H and O–H groups in total. The Morgan fingerprint density at radius 3 is 2.50 bits per heavy atom. The first kappa shape index (κ1) is 9.03. The molecule has 12 heavy (non-hydrogen) atoms. The van der Waals surface area contributed by atoms with Crippen LogP contribution in [-0.2, 0) is 9.59 Å². The number of hydrogen-bond acceptors (Lipinski definition) is 2. The van der Waals surface area contributed by atoms with E-state index in [1.54, 1.807) is 11.9 Å². The summed E-state index contributed by atoms with van der Waals surface area (Å²) in [7, 11) is 1.64. The Bertz CT molecular complexity index is 174. The highest BCUT2D eigenvalue weighted by Gasteiger charge is 2.23. The standard InChI is InChI=1S/C8H13N2O2/c1-9-8(12)7-2-4-10(6-11)5-3-7/h7H,2-5H2,1H3,(H,9,12). The third-order valence-electron chi connectivity index (χ3n) is 2.24. The highest BCUT2D eigenvalue weighted by atomic mass is 16.2. The van der Waals surface area contributed by atoms with Gasteiger partial charge in [0.25, 0.3) is 0 Å². The van der Waals surface area contributed by atoms with Crippen molar-refractivity contribution in [2.45, 2.75) is 12.8 Å². The van der Waals surface area contributed by atoms with Crippen LogP contribution >= 0.6 is 0 Å². The lowest BCUT2D eigenvalue weighted by Gasteiger charge is -2.27. The predicted octanol–water partition coefficient (Wildman–Crippen LogP) is -0.488. The summed E-state index contributed by atoms with van der Waals surface area (Å²) in [6, 6.07) is 0. The quantitative estimate of drug-likeness (QED) is 0.606. The van der Waals surface area contributed by atoms with Gasteiger partial charge in [0.1, 0.15) is 0 Å². The first-order valence-electron chi connectivity index (χ1n) is 4.12. The van der Waals surface area contributed by atoms with Gasteiger partial charge in [-0.25, -0.2) is 0 Å². The average molecular weight is 169 g/mol. The topological polar surface area (TPSA) is 49.4 Å². The van der Waals surface area contributed by atoms with Crippen LogP contribution < -0.4 is 5.32 Å². The minimum Gasteiger partial charge on any atom is -0.359 e. The fourth-order valence-corrected chi connectivity index (χ4v) is 1.44. The maximum absolute atomic E-state index is 11.1. The smallest absolute Gasteiger partial charge is 0.312 e. The fourth-order valence-electron chi connectivity index (χ4n) is 1.44. The largest absolute Gasteiger partial charge is 0.359 e. The molecule has 0 bridgehead atoms. The zero-order valence-electron chi connectivity index (χ0n) is 7.17. The molecule has 4 nitrogen and oxygen atoms in total. The molecule has 2 amide bonds. The minimum atomic E-state index is 0.0830. The van der Waals surface area contributed by atoms with Gasteiger partial charge in [-0.1, -0.05) is 0 Å².